The number of benzene rings is 3. The number of carbonyl (C=O) groups excluding carboxylic acids is 2. The lowest BCUT2D eigenvalue weighted by molar-refractivity contribution is -0.121. The lowest BCUT2D eigenvalue weighted by Gasteiger charge is -2.19. The van der Waals surface area contributed by atoms with Crippen molar-refractivity contribution in [3.8, 4) is 17.2 Å². The van der Waals surface area contributed by atoms with Crippen LogP contribution in [0.1, 0.15) is 12.8 Å². The average Bonchev–Trinajstić information content (AvgIpc) is 3.13. The number of hydrogen-bond acceptors (Lipinski definition) is 6. The molecular weight excluding hydrogens is 432 g/mol. The Kier molecular flexibility index (Phi) is 5.83. The number of hydrogen-bond donors (Lipinski definition) is 1. The van der Waals surface area contributed by atoms with Crippen LogP contribution < -0.4 is 19.1 Å². The van der Waals surface area contributed by atoms with Gasteiger partial charge in [-0.15, -0.1) is 0 Å². The number of nitrogens with one attached hydrogen (secondary N) is 1. The standard InChI is InChI=1S/C23H20N2O6S/c1-30-21-12-11-17(15-19(21)25-22(26)13-14-23(25)27)32(28,29)24-18-9-5-6-10-20(18)31-16-7-3-2-4-8-16/h2-12,15,24H,13-14H2,1H3. The summed E-state index contributed by atoms with van der Waals surface area (Å²) in [5, 5.41) is 0. The molecule has 0 spiro atoms. The van der Waals surface area contributed by atoms with Crippen LogP contribution in [0, 0.1) is 0 Å². The SMILES string of the molecule is COc1ccc(S(=O)(=O)Nc2ccccc2Oc2ccccc2)cc1N1C(=O)CCC1=O. The van der Waals surface area contributed by atoms with Gasteiger partial charge < -0.3 is 9.47 Å². The molecule has 0 aliphatic carbocycles. The third kappa shape index (κ3) is 4.28. The van der Waals surface area contributed by atoms with Crippen molar-refractivity contribution in [3.63, 3.8) is 0 Å². The van der Waals surface area contributed by atoms with Gasteiger partial charge in [0.05, 0.1) is 23.4 Å². The Bertz CT molecular complexity index is 1260. The van der Waals surface area contributed by atoms with Crippen molar-refractivity contribution in [2.75, 3.05) is 16.7 Å². The third-order valence-electron chi connectivity index (χ3n) is 4.86. The molecule has 1 heterocycles. The van der Waals surface area contributed by atoms with Gasteiger partial charge in [0.2, 0.25) is 11.8 Å². The molecular formula is C23H20N2O6S. The highest BCUT2D eigenvalue weighted by Crippen LogP contribution is 2.36. The third-order valence-corrected chi connectivity index (χ3v) is 6.22. The maximum Gasteiger partial charge on any atom is 0.262 e. The first kappa shape index (κ1) is 21.4. The molecule has 1 aliphatic rings. The van der Waals surface area contributed by atoms with E-state index in [1.807, 2.05) is 18.2 Å². The molecule has 0 saturated carbocycles. The zero-order valence-corrected chi connectivity index (χ0v) is 18.0. The topological polar surface area (TPSA) is 102 Å². The largest absolute Gasteiger partial charge is 0.495 e. The summed E-state index contributed by atoms with van der Waals surface area (Å²) in [7, 11) is -2.69. The van der Waals surface area contributed by atoms with Crippen LogP contribution in [0.25, 0.3) is 0 Å². The first-order valence-electron chi connectivity index (χ1n) is 9.77. The van der Waals surface area contributed by atoms with Crippen molar-refractivity contribution in [3.05, 3.63) is 72.8 Å². The van der Waals surface area contributed by atoms with Crippen LogP contribution in [-0.4, -0.2) is 27.3 Å². The van der Waals surface area contributed by atoms with E-state index >= 15 is 0 Å². The zero-order valence-electron chi connectivity index (χ0n) is 17.1. The highest BCUT2D eigenvalue weighted by Gasteiger charge is 2.33. The number of anilines is 2. The van der Waals surface area contributed by atoms with Crippen molar-refractivity contribution in [2.24, 2.45) is 0 Å². The minimum atomic E-state index is -4.07. The minimum absolute atomic E-state index is 0.0708. The van der Waals surface area contributed by atoms with E-state index in [1.54, 1.807) is 36.4 Å². The van der Waals surface area contributed by atoms with Crippen molar-refractivity contribution in [2.45, 2.75) is 17.7 Å². The number of rotatable bonds is 7. The second kappa shape index (κ2) is 8.72. The Morgan fingerprint density at radius 2 is 1.50 bits per heavy atom. The van der Waals surface area contributed by atoms with Gasteiger partial charge >= 0.3 is 0 Å². The molecule has 32 heavy (non-hydrogen) atoms. The predicted molar refractivity (Wildman–Crippen MR) is 118 cm³/mol. The van der Waals surface area contributed by atoms with Crippen LogP contribution in [0.4, 0.5) is 11.4 Å². The number of carbonyl (C=O) groups is 2. The zero-order chi connectivity index (χ0) is 22.7. The fraction of sp³-hybridized carbons (Fsp3) is 0.130. The molecule has 9 heteroatoms. The van der Waals surface area contributed by atoms with Crippen molar-refractivity contribution >= 4 is 33.2 Å². The number of imide groups is 1. The number of ether oxygens (including phenoxy) is 2. The van der Waals surface area contributed by atoms with Gasteiger partial charge in [0.15, 0.2) is 5.75 Å². The number of para-hydroxylation sites is 3. The van der Waals surface area contributed by atoms with Gasteiger partial charge in [-0.05, 0) is 42.5 Å². The lowest BCUT2D eigenvalue weighted by Crippen LogP contribution is -2.29. The summed E-state index contributed by atoms with van der Waals surface area (Å²) in [4.78, 5) is 25.2. The molecule has 0 atom stereocenters. The maximum absolute atomic E-state index is 13.1. The monoisotopic (exact) mass is 452 g/mol. The molecule has 0 aromatic heterocycles. The predicted octanol–water partition coefficient (Wildman–Crippen LogP) is 3.94. The summed E-state index contributed by atoms with van der Waals surface area (Å²) >= 11 is 0. The number of amides is 2. The number of sulfonamides is 1. The first-order chi connectivity index (χ1) is 15.4. The van der Waals surface area contributed by atoms with E-state index in [9.17, 15) is 18.0 Å². The van der Waals surface area contributed by atoms with Crippen molar-refractivity contribution in [1.82, 2.24) is 0 Å². The Labute approximate surface area is 185 Å². The van der Waals surface area contributed by atoms with E-state index in [0.29, 0.717) is 11.5 Å². The van der Waals surface area contributed by atoms with E-state index in [2.05, 4.69) is 4.72 Å². The molecule has 164 valence electrons. The van der Waals surface area contributed by atoms with E-state index in [1.165, 1.54) is 25.3 Å². The van der Waals surface area contributed by atoms with Crippen LogP contribution >= 0.6 is 0 Å². The molecule has 2 amide bonds. The van der Waals surface area contributed by atoms with Crippen molar-refractivity contribution in [1.29, 1.82) is 0 Å². The molecule has 0 bridgehead atoms. The Hall–Kier alpha value is -3.85. The van der Waals surface area contributed by atoms with Crippen LogP contribution in [0.15, 0.2) is 77.7 Å². The van der Waals surface area contributed by atoms with Gasteiger partial charge in [0.25, 0.3) is 10.0 Å². The van der Waals surface area contributed by atoms with Crippen LogP contribution in [0.2, 0.25) is 0 Å². The van der Waals surface area contributed by atoms with Crippen LogP contribution in [0.3, 0.4) is 0 Å². The molecule has 4 rings (SSSR count). The van der Waals surface area contributed by atoms with Gasteiger partial charge in [0.1, 0.15) is 11.5 Å². The fourth-order valence-corrected chi connectivity index (χ4v) is 4.41. The van der Waals surface area contributed by atoms with E-state index < -0.39 is 21.8 Å². The average molecular weight is 452 g/mol. The second-order valence-corrected chi connectivity index (χ2v) is 8.66. The summed E-state index contributed by atoms with van der Waals surface area (Å²) in [5.41, 5.74) is 0.332. The van der Waals surface area contributed by atoms with Gasteiger partial charge in [-0.2, -0.15) is 0 Å². The molecule has 3 aromatic carbocycles. The number of methoxy groups -OCH3 is 1. The first-order valence-corrected chi connectivity index (χ1v) is 11.3. The smallest absolute Gasteiger partial charge is 0.262 e. The molecule has 1 aliphatic heterocycles. The minimum Gasteiger partial charge on any atom is -0.495 e. The fourth-order valence-electron chi connectivity index (χ4n) is 3.32. The lowest BCUT2D eigenvalue weighted by atomic mass is 10.2. The van der Waals surface area contributed by atoms with Crippen LogP contribution in [0.5, 0.6) is 17.2 Å². The second-order valence-electron chi connectivity index (χ2n) is 6.97. The highest BCUT2D eigenvalue weighted by atomic mass is 32.2. The van der Waals surface area contributed by atoms with Gasteiger partial charge in [-0.3, -0.25) is 14.3 Å². The van der Waals surface area contributed by atoms with E-state index in [-0.39, 0.29) is 34.9 Å². The van der Waals surface area contributed by atoms with Crippen molar-refractivity contribution < 1.29 is 27.5 Å². The molecule has 8 nitrogen and oxygen atoms in total. The summed E-state index contributed by atoms with van der Waals surface area (Å²) < 4.78 is 39.9. The molecule has 0 unspecified atom stereocenters. The van der Waals surface area contributed by atoms with E-state index in [4.69, 9.17) is 9.47 Å². The number of nitrogens with zero attached hydrogens (tertiary/aromatic N) is 1. The molecule has 1 N–H and O–H groups in total. The summed E-state index contributed by atoms with van der Waals surface area (Å²) in [6.45, 7) is 0. The summed E-state index contributed by atoms with van der Waals surface area (Å²) in [6, 6.07) is 19.6. The maximum atomic E-state index is 13.1. The summed E-state index contributed by atoms with van der Waals surface area (Å²) in [5.74, 6) is 0.285. The quantitative estimate of drug-likeness (QED) is 0.545. The molecule has 0 radical (unpaired) electrons. The normalized spacial score (nSPS) is 13.8. The molecule has 1 fully saturated rings. The molecule has 1 saturated heterocycles. The van der Waals surface area contributed by atoms with Gasteiger partial charge in [0, 0.05) is 12.8 Å². The van der Waals surface area contributed by atoms with Crippen LogP contribution in [-0.2, 0) is 19.6 Å². The highest BCUT2D eigenvalue weighted by molar-refractivity contribution is 7.92. The van der Waals surface area contributed by atoms with Gasteiger partial charge in [-0.1, -0.05) is 30.3 Å². The Balaban J connectivity index is 1.67. The molecule has 3 aromatic rings. The van der Waals surface area contributed by atoms with E-state index in [0.717, 1.165) is 4.90 Å². The Morgan fingerprint density at radius 3 is 2.19 bits per heavy atom. The summed E-state index contributed by atoms with van der Waals surface area (Å²) in [6.07, 6.45) is 0.142. The Morgan fingerprint density at radius 1 is 0.844 bits per heavy atom. The van der Waals surface area contributed by atoms with Gasteiger partial charge in [-0.25, -0.2) is 13.3 Å².